The van der Waals surface area contributed by atoms with Crippen LogP contribution in [0.1, 0.15) is 205 Å². The van der Waals surface area contributed by atoms with Crippen molar-refractivity contribution < 1.29 is 33.2 Å². The van der Waals surface area contributed by atoms with E-state index in [9.17, 15) is 0 Å². The molecule has 21 rings (SSSR count). The van der Waals surface area contributed by atoms with Crippen molar-refractivity contribution in [2.24, 2.45) is 17.8 Å². The maximum Gasteiger partial charge on any atom is 0.318 e. The molecule has 27 heteroatoms. The lowest BCUT2D eigenvalue weighted by atomic mass is 9.92. The molecule has 8 atom stereocenters. The van der Waals surface area contributed by atoms with Crippen LogP contribution in [0.25, 0.3) is 57.6 Å². The van der Waals surface area contributed by atoms with Gasteiger partial charge in [0.2, 0.25) is 25.6 Å². The molecule has 0 aliphatic carbocycles. The highest BCUT2D eigenvalue weighted by atomic mass is 16.5. The van der Waals surface area contributed by atoms with E-state index >= 15 is 0 Å². The Labute approximate surface area is 870 Å². The minimum Gasteiger partial charge on any atom is -0.463 e. The van der Waals surface area contributed by atoms with Crippen molar-refractivity contribution in [3.05, 3.63) is 269 Å². The van der Waals surface area contributed by atoms with E-state index in [2.05, 4.69) is 288 Å². The SMILES string of the molecule is Cc1cccc2cccc(C3Cc4nc(OC[C@@H]5CCCN5C)nc(N5CCCCC5)c4CO3)c12.[C-]#[N+]C[C@@H]1CCCN(c2nc(N(C)CCN(C)C)nc3c2COC(c2cccc4cccc(C)c24)C3)C1.[C-]#[N+]C[C@@H]1CCCN(c2nc(OCCCN(C)C)nc3c2COC(c2cccc4cccc(C)c24)C3)C1.[C-]#[N+]C[C@@H]1CCCN(c2nc(OCCN(CC)CC)nc3c2COC(c2cccc4cccc(C)c24)C3)C1. The molecule has 13 heterocycles. The van der Waals surface area contributed by atoms with Crippen molar-refractivity contribution in [3.63, 3.8) is 0 Å². The lowest BCUT2D eigenvalue weighted by molar-refractivity contribution is 0.0264. The predicted octanol–water partition coefficient (Wildman–Crippen LogP) is 20.9. The van der Waals surface area contributed by atoms with E-state index in [-0.39, 0.29) is 24.4 Å². The highest BCUT2D eigenvalue weighted by Crippen LogP contribution is 2.46. The number of piperidine rings is 4. The summed E-state index contributed by atoms with van der Waals surface area (Å²) in [4.78, 5) is 71.6. The Kier molecular flexibility index (Phi) is 35.3. The number of aryl methyl sites for hydroxylation is 4. The quantitative estimate of drug-likeness (QED) is 0.0315. The van der Waals surface area contributed by atoms with E-state index in [1.165, 1.54) is 120 Å². The number of likely N-dealkylation sites (tertiary alicyclic amines) is 1. The van der Waals surface area contributed by atoms with Gasteiger partial charge in [-0.1, -0.05) is 159 Å². The van der Waals surface area contributed by atoms with Crippen molar-refractivity contribution in [1.29, 1.82) is 0 Å². The summed E-state index contributed by atoms with van der Waals surface area (Å²) >= 11 is 0. The molecule has 0 radical (unpaired) electrons. The van der Waals surface area contributed by atoms with E-state index in [0.717, 1.165) is 230 Å². The van der Waals surface area contributed by atoms with Crippen molar-refractivity contribution in [2.75, 3.05) is 204 Å². The van der Waals surface area contributed by atoms with Crippen LogP contribution in [0.5, 0.6) is 18.0 Å². The second-order valence-electron chi connectivity index (χ2n) is 42.3. The number of rotatable bonds is 29. The number of aromatic nitrogens is 8. The number of anilines is 5. The second-order valence-corrected chi connectivity index (χ2v) is 42.3. The highest BCUT2D eigenvalue weighted by molar-refractivity contribution is 5.92. The normalized spacial score (nSPS) is 20.4. The molecule has 5 saturated heterocycles. The van der Waals surface area contributed by atoms with Crippen LogP contribution in [-0.2, 0) is 71.1 Å². The molecule has 0 spiro atoms. The fraction of sp³-hybridized carbons (Fsp3) is 0.508. The Morgan fingerprint density at radius 2 is 0.701 bits per heavy atom. The fourth-order valence-electron chi connectivity index (χ4n) is 23.3. The van der Waals surface area contributed by atoms with Crippen LogP contribution in [-0.4, -0.2) is 245 Å². The lowest BCUT2D eigenvalue weighted by Gasteiger charge is -2.36. The Balaban J connectivity index is 0.000000128. The standard InChI is InChI=1S/C31H39N5O2.C30H38N6O.C30H37N5O2.C29H36N4O2/c1-5-35(6-2)16-17-37-31-33-27-18-28(25-14-8-13-24-12-7-10-22(3)29(24)25)38-21-26(27)30(34-31)36-15-9-11-23(20-36)19-32-4;1-21-9-6-11-23-12-7-13-24(28(21)23)27-17-26-25(20-37-27)29(36-14-8-10-22(19-36)18-31-2)33-30(32-26)35(5)16-15-34(3)4;1-21-9-5-11-23-12-6-13-24(28(21)23)27-17-26-25(20-37-27)29(35-15-7-10-22(19-35)18-31-2)33-30(32-26)36-16-8-14-34(3)4;1-20-9-6-10-21-11-7-13-23(27(20)21)26-17-25-24(19-34-26)28(33-15-4-3-5-16-33)31-29(30-25)35-18-22-12-8-14-32(22)2/h7-8,10,12-14,23,28H,5-6,9,11,15-21H2,1-3H3;6-7,9,11-13,22,27H,8,10,14-20H2,1,3-5H3;5-6,9,11-13,22,27H,7-8,10,14-20H2,1,3-4H3;6-7,9-11,13,22,26H,3-5,8,12,14-19H2,1-2H3/t23-,28?;2*22-,27?;22-,26?/m0000/s1. The van der Waals surface area contributed by atoms with Crippen LogP contribution in [0.3, 0.4) is 0 Å². The fourth-order valence-corrected chi connectivity index (χ4v) is 23.3. The molecule has 772 valence electrons. The molecule has 9 aliphatic rings. The Bertz CT molecular complexity index is 6650. The molecule has 4 aromatic heterocycles. The van der Waals surface area contributed by atoms with Crippen LogP contribution >= 0.6 is 0 Å². The predicted molar refractivity (Wildman–Crippen MR) is 588 cm³/mol. The Hall–Kier alpha value is -12.3. The molecule has 12 aromatic rings. The Morgan fingerprint density at radius 3 is 1.06 bits per heavy atom. The van der Waals surface area contributed by atoms with Crippen molar-refractivity contribution in [2.45, 2.75) is 201 Å². The first-order chi connectivity index (χ1) is 71.7. The molecule has 0 bridgehead atoms. The van der Waals surface area contributed by atoms with Crippen LogP contribution in [0.4, 0.5) is 29.2 Å². The van der Waals surface area contributed by atoms with Gasteiger partial charge in [0.05, 0.1) is 80.2 Å². The van der Waals surface area contributed by atoms with Crippen LogP contribution in [0.15, 0.2) is 146 Å². The molecular formula is C120H150N20O7. The molecule has 0 N–H and O–H groups in total. The summed E-state index contributed by atoms with van der Waals surface area (Å²) in [5.74, 6) is 5.79. The monoisotopic (exact) mass is 1980 g/mol. The number of nitrogens with zero attached hydrogens (tertiary/aromatic N) is 20. The first-order valence-electron chi connectivity index (χ1n) is 54.0. The second kappa shape index (κ2) is 49.7. The van der Waals surface area contributed by atoms with E-state index in [0.29, 0.717) is 121 Å². The summed E-state index contributed by atoms with van der Waals surface area (Å²) in [6, 6.07) is 53.7. The number of fused-ring (bicyclic) bond motifs is 8. The van der Waals surface area contributed by atoms with Gasteiger partial charge in [-0.3, -0.25) is 0 Å². The van der Waals surface area contributed by atoms with Gasteiger partial charge in [0.25, 0.3) is 0 Å². The van der Waals surface area contributed by atoms with E-state index in [4.69, 9.17) is 92.7 Å². The van der Waals surface area contributed by atoms with E-state index in [1.54, 1.807) is 0 Å². The van der Waals surface area contributed by atoms with Gasteiger partial charge in [-0.2, -0.15) is 34.9 Å². The summed E-state index contributed by atoms with van der Waals surface area (Å²) in [7, 11) is 12.6. The van der Waals surface area contributed by atoms with E-state index in [1.807, 2.05) is 0 Å². The summed E-state index contributed by atoms with van der Waals surface area (Å²) in [6.45, 7) is 54.8. The van der Waals surface area contributed by atoms with Crippen molar-refractivity contribution in [3.8, 4) is 18.0 Å². The highest BCUT2D eigenvalue weighted by Gasteiger charge is 2.39. The van der Waals surface area contributed by atoms with Gasteiger partial charge in [-0.15, -0.1) is 0 Å². The number of hydrogen-bond donors (Lipinski definition) is 0. The molecule has 8 aromatic carbocycles. The summed E-state index contributed by atoms with van der Waals surface area (Å²) in [5.41, 5.74) is 18.6. The van der Waals surface area contributed by atoms with Crippen LogP contribution in [0, 0.1) is 65.2 Å². The molecular weight excluding hydrogens is 1830 g/mol. The van der Waals surface area contributed by atoms with Gasteiger partial charge >= 0.3 is 18.0 Å². The lowest BCUT2D eigenvalue weighted by Crippen LogP contribution is -2.39. The third-order valence-corrected chi connectivity index (χ3v) is 31.4. The van der Waals surface area contributed by atoms with Gasteiger partial charge in [-0.05, 0) is 247 Å². The zero-order valence-corrected chi connectivity index (χ0v) is 88.8. The van der Waals surface area contributed by atoms with Crippen LogP contribution in [0.2, 0.25) is 0 Å². The Morgan fingerprint density at radius 1 is 0.361 bits per heavy atom. The summed E-state index contributed by atoms with van der Waals surface area (Å²) in [6.07, 6.45) is 16.2. The van der Waals surface area contributed by atoms with Crippen molar-refractivity contribution >= 4 is 72.3 Å². The van der Waals surface area contributed by atoms with Crippen LogP contribution < -0.4 is 38.7 Å². The number of hydrogen-bond acceptors (Lipinski definition) is 24. The van der Waals surface area contributed by atoms with Crippen molar-refractivity contribution in [1.82, 2.24) is 59.5 Å². The average Bonchev–Trinajstić information content (AvgIpc) is 1.01. The third-order valence-electron chi connectivity index (χ3n) is 31.4. The molecule has 0 amide bonds. The van der Waals surface area contributed by atoms with Gasteiger partial charge in [-0.25, -0.2) is 24.7 Å². The maximum absolute atomic E-state index is 7.36. The zero-order valence-electron chi connectivity index (χ0n) is 88.8. The van der Waals surface area contributed by atoms with Gasteiger partial charge in [0.1, 0.15) is 36.5 Å². The maximum atomic E-state index is 7.36. The first-order valence-corrected chi connectivity index (χ1v) is 54.0. The molecule has 27 nitrogen and oxygen atoms in total. The van der Waals surface area contributed by atoms with E-state index < -0.39 is 0 Å². The molecule has 5 fully saturated rings. The molecule has 0 saturated carbocycles. The number of ether oxygens (including phenoxy) is 7. The minimum atomic E-state index is -0.0743. The van der Waals surface area contributed by atoms with Gasteiger partial charge in [0, 0.05) is 157 Å². The topological polar surface area (TPSA) is 210 Å². The molecule has 4 unspecified atom stereocenters. The largest absolute Gasteiger partial charge is 0.463 e. The average molecular weight is 1980 g/mol. The van der Waals surface area contributed by atoms with Gasteiger partial charge in [0.15, 0.2) is 0 Å². The summed E-state index contributed by atoms with van der Waals surface area (Å²) in [5, 5.41) is 10.1. The molecule has 147 heavy (non-hydrogen) atoms. The zero-order chi connectivity index (χ0) is 102. The number of likely N-dealkylation sites (N-methyl/N-ethyl adjacent to an activating group) is 4. The first kappa shape index (κ1) is 105. The summed E-state index contributed by atoms with van der Waals surface area (Å²) < 4.78 is 44.7. The minimum absolute atomic E-state index is 0.0229. The van der Waals surface area contributed by atoms with Gasteiger partial charge < -0.3 is 91.8 Å². The smallest absolute Gasteiger partial charge is 0.318 e. The molecule has 9 aliphatic heterocycles. The number of benzene rings is 8. The third kappa shape index (κ3) is 25.1.